The fourth-order valence-corrected chi connectivity index (χ4v) is 3.93. The van der Waals surface area contributed by atoms with Crippen LogP contribution in [0.2, 0.25) is 0 Å². The standard InChI is InChI=1S/C23H30O3.3C2H6/c1-14(2)12-15(3)13-23(6,7)20-16(4)21(25)18-10-8-9-11-19(18)22(20)26-17(5)24;3*1-2/h8-11,13-14,25H,12H2,1-7H3;3*1-2H3/b15-13+;;;. The third kappa shape index (κ3) is 8.68. The van der Waals surface area contributed by atoms with E-state index in [4.69, 9.17) is 4.74 Å². The maximum Gasteiger partial charge on any atom is 0.308 e. The third-order valence-electron chi connectivity index (χ3n) is 4.61. The van der Waals surface area contributed by atoms with Gasteiger partial charge in [0.05, 0.1) is 0 Å². The minimum atomic E-state index is -0.394. The highest BCUT2D eigenvalue weighted by Gasteiger charge is 2.29. The van der Waals surface area contributed by atoms with Gasteiger partial charge in [0, 0.05) is 28.7 Å². The summed E-state index contributed by atoms with van der Waals surface area (Å²) < 4.78 is 5.66. The molecule has 0 bridgehead atoms. The number of aromatic hydroxyl groups is 1. The van der Waals surface area contributed by atoms with Crippen molar-refractivity contribution in [1.29, 1.82) is 0 Å². The van der Waals surface area contributed by atoms with Crippen molar-refractivity contribution in [2.24, 2.45) is 5.92 Å². The number of rotatable bonds is 5. The molecule has 0 aliphatic carbocycles. The van der Waals surface area contributed by atoms with Crippen molar-refractivity contribution in [2.75, 3.05) is 0 Å². The third-order valence-corrected chi connectivity index (χ3v) is 4.61. The highest BCUT2D eigenvalue weighted by atomic mass is 16.5. The van der Waals surface area contributed by atoms with Gasteiger partial charge in [0.2, 0.25) is 0 Å². The van der Waals surface area contributed by atoms with Gasteiger partial charge in [-0.3, -0.25) is 4.79 Å². The van der Waals surface area contributed by atoms with Crippen LogP contribution in [-0.2, 0) is 10.2 Å². The molecule has 0 atom stereocenters. The van der Waals surface area contributed by atoms with E-state index >= 15 is 0 Å². The molecule has 2 aromatic rings. The Kier molecular flexibility index (Phi) is 15.5. The fraction of sp³-hybridized carbons (Fsp3) is 0.552. The Balaban J connectivity index is 0. The predicted octanol–water partition coefficient (Wildman–Crippen LogP) is 9.13. The lowest BCUT2D eigenvalue weighted by Gasteiger charge is -2.29. The van der Waals surface area contributed by atoms with Gasteiger partial charge in [0.15, 0.2) is 0 Å². The predicted molar refractivity (Wildman–Crippen MR) is 142 cm³/mol. The lowest BCUT2D eigenvalue weighted by molar-refractivity contribution is -0.131. The number of fused-ring (bicyclic) bond motifs is 1. The summed E-state index contributed by atoms with van der Waals surface area (Å²) in [7, 11) is 0. The van der Waals surface area contributed by atoms with Crippen LogP contribution in [0.15, 0.2) is 35.9 Å². The summed E-state index contributed by atoms with van der Waals surface area (Å²) in [6.07, 6.45) is 3.22. The topological polar surface area (TPSA) is 46.5 Å². The van der Waals surface area contributed by atoms with Crippen molar-refractivity contribution in [3.05, 3.63) is 47.0 Å². The van der Waals surface area contributed by atoms with Crippen LogP contribution in [0.3, 0.4) is 0 Å². The van der Waals surface area contributed by atoms with E-state index in [9.17, 15) is 9.90 Å². The summed E-state index contributed by atoms with van der Waals surface area (Å²) in [6, 6.07) is 7.50. The summed E-state index contributed by atoms with van der Waals surface area (Å²) in [5.41, 5.74) is 2.49. The molecule has 3 heteroatoms. The minimum Gasteiger partial charge on any atom is -0.507 e. The zero-order chi connectivity index (χ0) is 25.6. The largest absolute Gasteiger partial charge is 0.507 e. The molecular formula is C29H48O3. The molecule has 32 heavy (non-hydrogen) atoms. The molecule has 0 aliphatic rings. The summed E-state index contributed by atoms with van der Waals surface area (Å²) in [6.45, 7) is 26.0. The molecule has 0 aromatic heterocycles. The first-order valence-electron chi connectivity index (χ1n) is 12.2. The van der Waals surface area contributed by atoms with Crippen molar-refractivity contribution < 1.29 is 14.6 Å². The first-order chi connectivity index (χ1) is 15.0. The van der Waals surface area contributed by atoms with Crippen LogP contribution < -0.4 is 4.74 Å². The number of hydrogen-bond donors (Lipinski definition) is 1. The summed E-state index contributed by atoms with van der Waals surface area (Å²) in [4.78, 5) is 11.8. The Morgan fingerprint density at radius 1 is 1.00 bits per heavy atom. The first-order valence-corrected chi connectivity index (χ1v) is 12.2. The summed E-state index contributed by atoms with van der Waals surface area (Å²) in [5, 5.41) is 12.2. The number of carbonyl (C=O) groups is 1. The van der Waals surface area contributed by atoms with E-state index < -0.39 is 5.41 Å². The van der Waals surface area contributed by atoms with Crippen LogP contribution in [0.25, 0.3) is 10.8 Å². The average molecular weight is 445 g/mol. The van der Waals surface area contributed by atoms with E-state index in [-0.39, 0.29) is 11.7 Å². The minimum absolute atomic E-state index is 0.245. The molecule has 0 unspecified atom stereocenters. The lowest BCUT2D eigenvalue weighted by atomic mass is 9.78. The SMILES string of the molecule is CC.CC.CC.CC(=O)Oc1c(C(C)(C)/C=C(\C)CC(C)C)c(C)c(O)c2ccccc12. The molecular weight excluding hydrogens is 396 g/mol. The average Bonchev–Trinajstić information content (AvgIpc) is 2.74. The number of phenols is 1. The highest BCUT2D eigenvalue weighted by Crippen LogP contribution is 2.46. The number of hydrogen-bond acceptors (Lipinski definition) is 3. The van der Waals surface area contributed by atoms with Gasteiger partial charge >= 0.3 is 5.97 Å². The van der Waals surface area contributed by atoms with Gasteiger partial charge in [-0.25, -0.2) is 0 Å². The van der Waals surface area contributed by atoms with Crippen LogP contribution >= 0.6 is 0 Å². The van der Waals surface area contributed by atoms with Gasteiger partial charge in [-0.2, -0.15) is 0 Å². The van der Waals surface area contributed by atoms with E-state index in [0.717, 1.165) is 22.9 Å². The monoisotopic (exact) mass is 444 g/mol. The maximum absolute atomic E-state index is 11.8. The molecule has 0 spiro atoms. The first kappa shape index (κ1) is 31.9. The highest BCUT2D eigenvalue weighted by molar-refractivity contribution is 5.97. The van der Waals surface area contributed by atoms with Crippen LogP contribution in [-0.4, -0.2) is 11.1 Å². The Morgan fingerprint density at radius 3 is 1.91 bits per heavy atom. The van der Waals surface area contributed by atoms with Crippen molar-refractivity contribution in [3.63, 3.8) is 0 Å². The van der Waals surface area contributed by atoms with Crippen LogP contribution in [0.4, 0.5) is 0 Å². The fourth-order valence-electron chi connectivity index (χ4n) is 3.93. The van der Waals surface area contributed by atoms with Crippen molar-refractivity contribution >= 4 is 16.7 Å². The maximum atomic E-state index is 11.8. The van der Waals surface area contributed by atoms with Gasteiger partial charge in [-0.05, 0) is 31.7 Å². The molecule has 3 nitrogen and oxygen atoms in total. The van der Waals surface area contributed by atoms with Crippen molar-refractivity contribution in [1.82, 2.24) is 0 Å². The molecule has 0 heterocycles. The van der Waals surface area contributed by atoms with Crippen LogP contribution in [0.5, 0.6) is 11.5 Å². The molecule has 2 aromatic carbocycles. The molecule has 2 rings (SSSR count). The molecule has 0 radical (unpaired) electrons. The van der Waals surface area contributed by atoms with Gasteiger partial charge < -0.3 is 9.84 Å². The Morgan fingerprint density at radius 2 is 1.47 bits per heavy atom. The molecule has 0 saturated carbocycles. The smallest absolute Gasteiger partial charge is 0.308 e. The van der Waals surface area contributed by atoms with E-state index in [0.29, 0.717) is 17.1 Å². The van der Waals surface area contributed by atoms with Gasteiger partial charge in [-0.1, -0.05) is 105 Å². The van der Waals surface area contributed by atoms with Crippen LogP contribution in [0.1, 0.15) is 101 Å². The van der Waals surface area contributed by atoms with Crippen molar-refractivity contribution in [3.8, 4) is 11.5 Å². The van der Waals surface area contributed by atoms with E-state index in [2.05, 4.69) is 40.7 Å². The van der Waals surface area contributed by atoms with E-state index in [1.807, 2.05) is 72.7 Å². The molecule has 0 amide bonds. The molecule has 1 N–H and O–H groups in total. The summed E-state index contributed by atoms with van der Waals surface area (Å²) >= 11 is 0. The molecule has 0 aliphatic heterocycles. The second-order valence-electron chi connectivity index (χ2n) is 8.13. The number of carbonyl (C=O) groups excluding carboxylic acids is 1. The number of allylic oxidation sites excluding steroid dienone is 2. The zero-order valence-electron chi connectivity index (χ0n) is 22.9. The Labute approximate surface area is 197 Å². The van der Waals surface area contributed by atoms with Gasteiger partial charge in [-0.15, -0.1) is 0 Å². The van der Waals surface area contributed by atoms with E-state index in [1.54, 1.807) is 0 Å². The zero-order valence-corrected chi connectivity index (χ0v) is 22.9. The number of ether oxygens (including phenoxy) is 1. The Hall–Kier alpha value is -2.29. The van der Waals surface area contributed by atoms with Crippen LogP contribution in [0, 0.1) is 12.8 Å². The molecule has 0 saturated heterocycles. The summed E-state index contributed by atoms with van der Waals surface area (Å²) in [5.74, 6) is 0.998. The normalized spacial score (nSPS) is 10.9. The Bertz CT molecular complexity index is 858. The molecule has 0 fully saturated rings. The number of benzene rings is 2. The van der Waals surface area contributed by atoms with Crippen molar-refractivity contribution in [2.45, 2.75) is 102 Å². The van der Waals surface area contributed by atoms with Gasteiger partial charge in [0.1, 0.15) is 11.5 Å². The lowest BCUT2D eigenvalue weighted by Crippen LogP contribution is -2.19. The number of esters is 1. The quantitative estimate of drug-likeness (QED) is 0.284. The molecule has 182 valence electrons. The van der Waals surface area contributed by atoms with Gasteiger partial charge in [0.25, 0.3) is 0 Å². The van der Waals surface area contributed by atoms with E-state index in [1.165, 1.54) is 12.5 Å². The second-order valence-corrected chi connectivity index (χ2v) is 8.13. The second kappa shape index (κ2) is 15.5. The number of phenolic OH excluding ortho intramolecular Hbond substituents is 1.